The molecular formula is C14H24N4. The summed E-state index contributed by atoms with van der Waals surface area (Å²) < 4.78 is 0. The van der Waals surface area contributed by atoms with Gasteiger partial charge in [-0.05, 0) is 38.3 Å². The van der Waals surface area contributed by atoms with Gasteiger partial charge in [-0.2, -0.15) is 0 Å². The fourth-order valence-corrected chi connectivity index (χ4v) is 2.47. The summed E-state index contributed by atoms with van der Waals surface area (Å²) in [7, 11) is 2.20. The molecule has 0 spiro atoms. The first-order valence-corrected chi connectivity index (χ1v) is 6.89. The zero-order valence-corrected chi connectivity index (χ0v) is 11.7. The minimum atomic E-state index is 0.453. The van der Waals surface area contributed by atoms with Crippen LogP contribution < -0.4 is 5.32 Å². The molecule has 4 heteroatoms. The third kappa shape index (κ3) is 3.67. The highest BCUT2D eigenvalue weighted by Crippen LogP contribution is 2.17. The van der Waals surface area contributed by atoms with Gasteiger partial charge in [-0.3, -0.25) is 0 Å². The van der Waals surface area contributed by atoms with Crippen molar-refractivity contribution in [3.8, 4) is 0 Å². The Bertz CT molecular complexity index is 378. The zero-order chi connectivity index (χ0) is 13.0. The van der Waals surface area contributed by atoms with E-state index in [2.05, 4.69) is 47.1 Å². The van der Waals surface area contributed by atoms with Crippen molar-refractivity contribution in [3.63, 3.8) is 0 Å². The summed E-state index contributed by atoms with van der Waals surface area (Å²) >= 11 is 0. The Hall–Kier alpha value is -1.16. The maximum absolute atomic E-state index is 4.29. The lowest BCUT2D eigenvalue weighted by molar-refractivity contribution is 0.217. The summed E-state index contributed by atoms with van der Waals surface area (Å²) in [6.07, 6.45) is 4.29. The molecule has 4 nitrogen and oxygen atoms in total. The maximum atomic E-state index is 4.29. The van der Waals surface area contributed by atoms with Crippen LogP contribution in [0.3, 0.4) is 0 Å². The Kier molecular flexibility index (Phi) is 4.53. The average Bonchev–Trinajstić information content (AvgIpc) is 2.37. The molecule has 1 saturated heterocycles. The molecule has 1 unspecified atom stereocenters. The first-order valence-electron chi connectivity index (χ1n) is 6.89. The van der Waals surface area contributed by atoms with E-state index in [9.17, 15) is 0 Å². The molecule has 0 aliphatic carbocycles. The second-order valence-corrected chi connectivity index (χ2v) is 5.63. The fourth-order valence-electron chi connectivity index (χ4n) is 2.47. The van der Waals surface area contributed by atoms with Crippen LogP contribution >= 0.6 is 0 Å². The number of piperidine rings is 1. The summed E-state index contributed by atoms with van der Waals surface area (Å²) in [4.78, 5) is 11.0. The van der Waals surface area contributed by atoms with Gasteiger partial charge in [0.15, 0.2) is 0 Å². The molecule has 1 atom stereocenters. The van der Waals surface area contributed by atoms with Crippen LogP contribution in [0.15, 0.2) is 12.4 Å². The Morgan fingerprint density at radius 3 is 3.00 bits per heavy atom. The molecule has 0 aromatic carbocycles. The van der Waals surface area contributed by atoms with Gasteiger partial charge in [0.1, 0.15) is 12.1 Å². The van der Waals surface area contributed by atoms with Crippen LogP contribution in [-0.4, -0.2) is 41.5 Å². The molecule has 1 aliphatic heterocycles. The molecule has 0 amide bonds. The molecule has 100 valence electrons. The number of hydrogen-bond donors (Lipinski definition) is 1. The van der Waals surface area contributed by atoms with Crippen molar-refractivity contribution in [2.75, 3.05) is 32.0 Å². The normalized spacial score (nSPS) is 21.2. The second kappa shape index (κ2) is 6.14. The summed E-state index contributed by atoms with van der Waals surface area (Å²) in [6.45, 7) is 7.75. The van der Waals surface area contributed by atoms with Crippen LogP contribution in [0.25, 0.3) is 0 Å². The van der Waals surface area contributed by atoms with Gasteiger partial charge >= 0.3 is 0 Å². The molecule has 1 aliphatic rings. The Balaban J connectivity index is 1.87. The maximum Gasteiger partial charge on any atom is 0.129 e. The molecule has 0 radical (unpaired) electrons. The van der Waals surface area contributed by atoms with Gasteiger partial charge in [0.05, 0.1) is 0 Å². The SMILES string of the molecule is CC(C)c1cc(NCC2CCCN(C)C2)ncn1. The fraction of sp³-hybridized carbons (Fsp3) is 0.714. The van der Waals surface area contributed by atoms with Crippen molar-refractivity contribution in [2.45, 2.75) is 32.6 Å². The van der Waals surface area contributed by atoms with Gasteiger partial charge in [-0.1, -0.05) is 13.8 Å². The Labute approximate surface area is 110 Å². The highest BCUT2D eigenvalue weighted by molar-refractivity contribution is 5.35. The van der Waals surface area contributed by atoms with E-state index in [-0.39, 0.29) is 0 Å². The first-order chi connectivity index (χ1) is 8.65. The van der Waals surface area contributed by atoms with E-state index in [0.29, 0.717) is 5.92 Å². The number of aromatic nitrogens is 2. The van der Waals surface area contributed by atoms with Gasteiger partial charge in [0.25, 0.3) is 0 Å². The minimum absolute atomic E-state index is 0.453. The number of rotatable bonds is 4. The van der Waals surface area contributed by atoms with E-state index in [1.807, 2.05) is 0 Å². The third-order valence-electron chi connectivity index (χ3n) is 3.57. The third-order valence-corrected chi connectivity index (χ3v) is 3.57. The van der Waals surface area contributed by atoms with Crippen molar-refractivity contribution in [1.29, 1.82) is 0 Å². The molecule has 0 bridgehead atoms. The molecule has 2 heterocycles. The standard InChI is InChI=1S/C14H24N4/c1-11(2)13-7-14(17-10-16-13)15-8-12-5-4-6-18(3)9-12/h7,10-12H,4-6,8-9H2,1-3H3,(H,15,16,17). The Morgan fingerprint density at radius 1 is 1.44 bits per heavy atom. The van der Waals surface area contributed by atoms with E-state index in [4.69, 9.17) is 0 Å². The van der Waals surface area contributed by atoms with Crippen LogP contribution in [0, 0.1) is 5.92 Å². The summed E-state index contributed by atoms with van der Waals surface area (Å²) in [5.41, 5.74) is 1.10. The summed E-state index contributed by atoms with van der Waals surface area (Å²) in [5.74, 6) is 2.15. The quantitative estimate of drug-likeness (QED) is 0.888. The monoisotopic (exact) mass is 248 g/mol. The van der Waals surface area contributed by atoms with E-state index < -0.39 is 0 Å². The van der Waals surface area contributed by atoms with Crippen molar-refractivity contribution >= 4 is 5.82 Å². The topological polar surface area (TPSA) is 41.0 Å². The van der Waals surface area contributed by atoms with Crippen LogP contribution in [0.5, 0.6) is 0 Å². The lowest BCUT2D eigenvalue weighted by atomic mass is 9.98. The number of nitrogens with zero attached hydrogens (tertiary/aromatic N) is 3. The molecule has 0 saturated carbocycles. The minimum Gasteiger partial charge on any atom is -0.370 e. The number of likely N-dealkylation sites (tertiary alicyclic amines) is 1. The number of anilines is 1. The second-order valence-electron chi connectivity index (χ2n) is 5.63. The van der Waals surface area contributed by atoms with E-state index in [1.165, 1.54) is 25.9 Å². The van der Waals surface area contributed by atoms with Crippen molar-refractivity contribution in [3.05, 3.63) is 18.1 Å². The first kappa shape index (κ1) is 13.3. The van der Waals surface area contributed by atoms with E-state index >= 15 is 0 Å². The summed E-state index contributed by atoms with van der Waals surface area (Å²) in [6, 6.07) is 2.07. The highest BCUT2D eigenvalue weighted by atomic mass is 15.1. The molecular weight excluding hydrogens is 224 g/mol. The molecule has 18 heavy (non-hydrogen) atoms. The van der Waals surface area contributed by atoms with Gasteiger partial charge in [0, 0.05) is 24.8 Å². The van der Waals surface area contributed by atoms with Crippen LogP contribution in [-0.2, 0) is 0 Å². The summed E-state index contributed by atoms with van der Waals surface area (Å²) in [5, 5.41) is 3.45. The molecule has 1 aromatic heterocycles. The largest absolute Gasteiger partial charge is 0.370 e. The van der Waals surface area contributed by atoms with Crippen LogP contribution in [0.2, 0.25) is 0 Å². The van der Waals surface area contributed by atoms with Crippen LogP contribution in [0.4, 0.5) is 5.82 Å². The number of hydrogen-bond acceptors (Lipinski definition) is 4. The predicted octanol–water partition coefficient (Wildman–Crippen LogP) is 2.35. The van der Waals surface area contributed by atoms with Crippen molar-refractivity contribution in [2.24, 2.45) is 5.92 Å². The van der Waals surface area contributed by atoms with Gasteiger partial charge in [-0.15, -0.1) is 0 Å². The Morgan fingerprint density at radius 2 is 2.28 bits per heavy atom. The molecule has 1 N–H and O–H groups in total. The molecule has 2 rings (SSSR count). The van der Waals surface area contributed by atoms with E-state index in [1.54, 1.807) is 6.33 Å². The van der Waals surface area contributed by atoms with Crippen LogP contribution in [0.1, 0.15) is 38.3 Å². The number of nitrogens with one attached hydrogen (secondary N) is 1. The van der Waals surface area contributed by atoms with Gasteiger partial charge in [0.2, 0.25) is 0 Å². The highest BCUT2D eigenvalue weighted by Gasteiger charge is 2.16. The smallest absolute Gasteiger partial charge is 0.129 e. The average molecular weight is 248 g/mol. The zero-order valence-electron chi connectivity index (χ0n) is 11.7. The van der Waals surface area contributed by atoms with E-state index in [0.717, 1.165) is 24.0 Å². The predicted molar refractivity (Wildman–Crippen MR) is 74.8 cm³/mol. The lowest BCUT2D eigenvalue weighted by Crippen LogP contribution is -2.35. The van der Waals surface area contributed by atoms with Gasteiger partial charge in [-0.25, -0.2) is 9.97 Å². The molecule has 1 fully saturated rings. The van der Waals surface area contributed by atoms with Crippen molar-refractivity contribution in [1.82, 2.24) is 14.9 Å². The molecule has 1 aromatic rings. The van der Waals surface area contributed by atoms with Gasteiger partial charge < -0.3 is 10.2 Å². The lowest BCUT2D eigenvalue weighted by Gasteiger charge is -2.29. The van der Waals surface area contributed by atoms with Crippen molar-refractivity contribution < 1.29 is 0 Å².